The van der Waals surface area contributed by atoms with Crippen molar-refractivity contribution in [1.82, 2.24) is 9.55 Å². The first-order valence-electron chi connectivity index (χ1n) is 11.5. The van der Waals surface area contributed by atoms with E-state index in [1.54, 1.807) is 0 Å². The minimum Gasteiger partial charge on any atom is -0.323 e. The number of hydrogen-bond acceptors (Lipinski definition) is 2. The molecule has 1 fully saturated rings. The van der Waals surface area contributed by atoms with Crippen LogP contribution in [0.3, 0.4) is 0 Å². The summed E-state index contributed by atoms with van der Waals surface area (Å²) in [5.74, 6) is 1.82. The Balaban J connectivity index is 1.48. The molecule has 0 N–H and O–H groups in total. The minimum absolute atomic E-state index is 0.0782. The zero-order valence-corrected chi connectivity index (χ0v) is 18.7. The van der Waals surface area contributed by atoms with E-state index >= 15 is 0 Å². The fourth-order valence-electron chi connectivity index (χ4n) is 4.68. The number of fused-ring (bicyclic) bond motifs is 1. The van der Waals surface area contributed by atoms with E-state index in [4.69, 9.17) is 4.98 Å². The molecule has 0 spiro atoms. The maximum Gasteiger partial charge on any atom is 0.227 e. The fraction of sp³-hybridized carbons (Fsp3) is 0.286. The molecule has 32 heavy (non-hydrogen) atoms. The van der Waals surface area contributed by atoms with Crippen molar-refractivity contribution >= 4 is 22.6 Å². The van der Waals surface area contributed by atoms with Crippen LogP contribution in [0, 0.1) is 0 Å². The third kappa shape index (κ3) is 3.81. The first kappa shape index (κ1) is 20.5. The molecule has 1 saturated heterocycles. The topological polar surface area (TPSA) is 38.1 Å². The number of amides is 1. The molecule has 1 aliphatic rings. The summed E-state index contributed by atoms with van der Waals surface area (Å²) in [6, 6.07) is 27.2. The van der Waals surface area contributed by atoms with Gasteiger partial charge in [0.2, 0.25) is 5.91 Å². The van der Waals surface area contributed by atoms with Gasteiger partial charge in [-0.2, -0.15) is 0 Å². The Hall–Kier alpha value is -3.40. The Morgan fingerprint density at radius 1 is 0.969 bits per heavy atom. The molecule has 1 aliphatic heterocycles. The Kier molecular flexibility index (Phi) is 5.52. The monoisotopic (exact) mass is 423 g/mol. The molecule has 5 rings (SSSR count). The number of benzene rings is 3. The third-order valence-electron chi connectivity index (χ3n) is 6.74. The minimum atomic E-state index is 0.0782. The van der Waals surface area contributed by atoms with E-state index in [1.165, 1.54) is 11.1 Å². The normalized spacial score (nSPS) is 17.2. The summed E-state index contributed by atoms with van der Waals surface area (Å²) in [5.41, 5.74) is 5.71. The van der Waals surface area contributed by atoms with Crippen LogP contribution in [0.15, 0.2) is 78.9 Å². The molecule has 0 radical (unpaired) electrons. The molecule has 4 nitrogen and oxygen atoms in total. The summed E-state index contributed by atoms with van der Waals surface area (Å²) >= 11 is 0. The molecule has 162 valence electrons. The van der Waals surface area contributed by atoms with Crippen LogP contribution in [0.5, 0.6) is 0 Å². The molecule has 2 atom stereocenters. The fourth-order valence-corrected chi connectivity index (χ4v) is 4.68. The molecule has 4 aromatic rings. The average Bonchev–Trinajstić information content (AvgIpc) is 3.40. The summed E-state index contributed by atoms with van der Waals surface area (Å²) in [4.78, 5) is 19.8. The van der Waals surface area contributed by atoms with Crippen LogP contribution >= 0.6 is 0 Å². The lowest BCUT2D eigenvalue weighted by atomic mass is 9.97. The van der Waals surface area contributed by atoms with Crippen LogP contribution in [0.2, 0.25) is 0 Å². The number of anilines is 1. The van der Waals surface area contributed by atoms with Crippen molar-refractivity contribution in [1.29, 1.82) is 0 Å². The summed E-state index contributed by atoms with van der Waals surface area (Å²) in [6.07, 6.45) is 1.63. The van der Waals surface area contributed by atoms with E-state index in [-0.39, 0.29) is 11.8 Å². The largest absolute Gasteiger partial charge is 0.323 e. The van der Waals surface area contributed by atoms with Crippen molar-refractivity contribution in [2.45, 2.75) is 45.1 Å². The van der Waals surface area contributed by atoms with Crippen LogP contribution in [0.1, 0.15) is 55.5 Å². The first-order valence-corrected chi connectivity index (χ1v) is 11.5. The van der Waals surface area contributed by atoms with E-state index in [9.17, 15) is 4.79 Å². The number of hydrogen-bond donors (Lipinski definition) is 0. The van der Waals surface area contributed by atoms with Gasteiger partial charge >= 0.3 is 0 Å². The van der Waals surface area contributed by atoms with Gasteiger partial charge < -0.3 is 9.47 Å². The second-order valence-corrected chi connectivity index (χ2v) is 8.84. The van der Waals surface area contributed by atoms with Gasteiger partial charge in [0.15, 0.2) is 0 Å². The summed E-state index contributed by atoms with van der Waals surface area (Å²) in [5, 5.41) is 0. The average molecular weight is 424 g/mol. The van der Waals surface area contributed by atoms with Crippen molar-refractivity contribution in [3.05, 3.63) is 95.8 Å². The predicted molar refractivity (Wildman–Crippen MR) is 130 cm³/mol. The van der Waals surface area contributed by atoms with Crippen LogP contribution in [-0.2, 0) is 11.3 Å². The predicted octanol–water partition coefficient (Wildman–Crippen LogP) is 6.12. The van der Waals surface area contributed by atoms with E-state index in [1.807, 2.05) is 41.3 Å². The van der Waals surface area contributed by atoms with Crippen LogP contribution < -0.4 is 4.90 Å². The van der Waals surface area contributed by atoms with Gasteiger partial charge in [-0.05, 0) is 47.7 Å². The van der Waals surface area contributed by atoms with Gasteiger partial charge in [-0.15, -0.1) is 0 Å². The van der Waals surface area contributed by atoms with Crippen molar-refractivity contribution in [3.8, 4) is 0 Å². The van der Waals surface area contributed by atoms with Gasteiger partial charge in [-0.3, -0.25) is 4.79 Å². The van der Waals surface area contributed by atoms with E-state index < -0.39 is 0 Å². The molecule has 0 aliphatic carbocycles. The molecule has 2 heterocycles. The number of carbonyl (C=O) groups excluding carboxylic acids is 1. The smallest absolute Gasteiger partial charge is 0.227 e. The molecule has 3 aromatic carbocycles. The van der Waals surface area contributed by atoms with Crippen LogP contribution in [0.4, 0.5) is 5.69 Å². The standard InChI is InChI=1S/C28H29N3O/c1-3-20(2)22-15-13-21(14-16-22)18-31-26-12-8-7-11-25(26)29-28(31)23-17-27(32)30(19-23)24-9-5-4-6-10-24/h4-16,20,23H,3,17-19H2,1-2H3. The summed E-state index contributed by atoms with van der Waals surface area (Å²) < 4.78 is 2.31. The van der Waals surface area contributed by atoms with E-state index in [0.717, 1.165) is 35.5 Å². The maximum absolute atomic E-state index is 12.9. The van der Waals surface area contributed by atoms with Crippen molar-refractivity contribution in [2.24, 2.45) is 0 Å². The van der Waals surface area contributed by atoms with E-state index in [2.05, 4.69) is 60.9 Å². The van der Waals surface area contributed by atoms with Gasteiger partial charge in [0.25, 0.3) is 0 Å². The lowest BCUT2D eigenvalue weighted by Crippen LogP contribution is -2.24. The van der Waals surface area contributed by atoms with Gasteiger partial charge in [-0.25, -0.2) is 4.98 Å². The molecule has 0 bridgehead atoms. The lowest BCUT2D eigenvalue weighted by Gasteiger charge is -2.17. The quantitative estimate of drug-likeness (QED) is 0.375. The highest BCUT2D eigenvalue weighted by Gasteiger charge is 2.34. The number of para-hydroxylation sites is 3. The SMILES string of the molecule is CCC(C)c1ccc(Cn2c(C3CC(=O)N(c4ccccc4)C3)nc3ccccc32)cc1. The Morgan fingerprint density at radius 2 is 1.69 bits per heavy atom. The Bertz CT molecular complexity index is 1230. The van der Waals surface area contributed by atoms with Gasteiger partial charge in [0.05, 0.1) is 11.0 Å². The van der Waals surface area contributed by atoms with Crippen molar-refractivity contribution in [2.75, 3.05) is 11.4 Å². The summed E-state index contributed by atoms with van der Waals surface area (Å²) in [6.45, 7) is 5.92. The van der Waals surface area contributed by atoms with Crippen molar-refractivity contribution in [3.63, 3.8) is 0 Å². The molecular weight excluding hydrogens is 394 g/mol. The molecular formula is C28H29N3O. The molecule has 1 amide bonds. The molecule has 0 saturated carbocycles. The third-order valence-corrected chi connectivity index (χ3v) is 6.74. The molecule has 4 heteroatoms. The highest BCUT2D eigenvalue weighted by atomic mass is 16.2. The Labute approximate surface area is 189 Å². The number of carbonyl (C=O) groups is 1. The van der Waals surface area contributed by atoms with Gasteiger partial charge in [-0.1, -0.05) is 68.4 Å². The van der Waals surface area contributed by atoms with Crippen LogP contribution in [-0.4, -0.2) is 22.0 Å². The van der Waals surface area contributed by atoms with Crippen molar-refractivity contribution < 1.29 is 4.79 Å². The molecule has 2 unspecified atom stereocenters. The summed E-state index contributed by atoms with van der Waals surface area (Å²) in [7, 11) is 0. The number of rotatable bonds is 6. The number of nitrogens with zero attached hydrogens (tertiary/aromatic N) is 3. The molecule has 1 aromatic heterocycles. The highest BCUT2D eigenvalue weighted by molar-refractivity contribution is 5.96. The zero-order chi connectivity index (χ0) is 22.1. The second kappa shape index (κ2) is 8.62. The lowest BCUT2D eigenvalue weighted by molar-refractivity contribution is -0.117. The first-order chi connectivity index (χ1) is 15.6. The number of imidazole rings is 1. The van der Waals surface area contributed by atoms with Gasteiger partial charge in [0, 0.05) is 31.1 Å². The van der Waals surface area contributed by atoms with Crippen LogP contribution in [0.25, 0.3) is 11.0 Å². The maximum atomic E-state index is 12.9. The van der Waals surface area contributed by atoms with E-state index in [0.29, 0.717) is 18.9 Å². The van der Waals surface area contributed by atoms with Gasteiger partial charge in [0.1, 0.15) is 5.82 Å². The second-order valence-electron chi connectivity index (χ2n) is 8.84. The number of aromatic nitrogens is 2. The zero-order valence-electron chi connectivity index (χ0n) is 18.7. The highest BCUT2D eigenvalue weighted by Crippen LogP contribution is 2.33. The Morgan fingerprint density at radius 3 is 2.44 bits per heavy atom.